The highest BCUT2D eigenvalue weighted by atomic mass is 32.2. The van der Waals surface area contributed by atoms with Gasteiger partial charge in [0.1, 0.15) is 5.52 Å². The van der Waals surface area contributed by atoms with Crippen LogP contribution in [0.25, 0.3) is 11.0 Å². The number of fused-ring (bicyclic) bond motifs is 1. The van der Waals surface area contributed by atoms with E-state index in [1.54, 1.807) is 12.4 Å². The Kier molecular flexibility index (Phi) is 5.41. The predicted molar refractivity (Wildman–Crippen MR) is 104 cm³/mol. The summed E-state index contributed by atoms with van der Waals surface area (Å²) in [6.45, 7) is 6.85. The topological polar surface area (TPSA) is 117 Å². The first-order valence-corrected chi connectivity index (χ1v) is 10.6. The number of aromatic nitrogens is 5. The maximum atomic E-state index is 12.3. The molecule has 3 aromatic heterocycles. The van der Waals surface area contributed by atoms with E-state index in [9.17, 15) is 8.42 Å². The Morgan fingerprint density at radius 1 is 1.15 bits per heavy atom. The molecule has 0 unspecified atom stereocenters. The molecule has 0 aliphatic rings. The Hall–Kier alpha value is -2.55. The number of anilines is 1. The van der Waals surface area contributed by atoms with Gasteiger partial charge in [-0.2, -0.15) is 0 Å². The normalized spacial score (nSPS) is 12.1. The third-order valence-corrected chi connectivity index (χ3v) is 6.08. The number of rotatable bonds is 7. The molecule has 0 bridgehead atoms. The van der Waals surface area contributed by atoms with Gasteiger partial charge in [-0.1, -0.05) is 13.8 Å². The van der Waals surface area contributed by atoms with Gasteiger partial charge in [0.2, 0.25) is 15.0 Å². The summed E-state index contributed by atoms with van der Waals surface area (Å²) >= 11 is 0. The molecule has 0 saturated carbocycles. The fourth-order valence-corrected chi connectivity index (χ4v) is 4.40. The van der Waals surface area contributed by atoms with Crippen LogP contribution in [-0.2, 0) is 16.4 Å². The van der Waals surface area contributed by atoms with Gasteiger partial charge in [-0.3, -0.25) is 0 Å². The minimum absolute atomic E-state index is 0.0174. The maximum absolute atomic E-state index is 12.3. The smallest absolute Gasteiger partial charge is 0.246 e. The zero-order chi connectivity index (χ0) is 19.6. The average molecular weight is 388 g/mol. The highest BCUT2D eigenvalue weighted by molar-refractivity contribution is 7.91. The highest BCUT2D eigenvalue weighted by Gasteiger charge is 2.18. The van der Waals surface area contributed by atoms with Crippen LogP contribution >= 0.6 is 0 Å². The van der Waals surface area contributed by atoms with Crippen molar-refractivity contribution in [3.8, 4) is 0 Å². The third kappa shape index (κ3) is 3.92. The first-order chi connectivity index (χ1) is 12.8. The quantitative estimate of drug-likeness (QED) is 0.488. The molecular weight excluding hydrogens is 364 g/mol. The number of nitrogens with two attached hydrogens (primary N) is 1. The number of nitrogen functional groups attached to an aromatic ring is 1. The van der Waals surface area contributed by atoms with E-state index < -0.39 is 9.84 Å². The molecule has 9 heteroatoms. The van der Waals surface area contributed by atoms with Crippen LogP contribution < -0.4 is 5.73 Å². The molecule has 0 amide bonds. The van der Waals surface area contributed by atoms with Crippen LogP contribution in [0.2, 0.25) is 0 Å². The summed E-state index contributed by atoms with van der Waals surface area (Å²) in [5.41, 5.74) is 9.77. The van der Waals surface area contributed by atoms with Crippen LogP contribution in [0.4, 0.5) is 5.82 Å². The van der Waals surface area contributed by atoms with E-state index in [0.717, 1.165) is 16.8 Å². The number of pyridine rings is 1. The van der Waals surface area contributed by atoms with Crippen molar-refractivity contribution < 1.29 is 8.42 Å². The predicted octanol–water partition coefficient (Wildman–Crippen LogP) is 2.49. The average Bonchev–Trinajstić information content (AvgIpc) is 3.07. The molecule has 2 N–H and O–H groups in total. The molecule has 3 heterocycles. The molecule has 3 aromatic rings. The lowest BCUT2D eigenvalue weighted by molar-refractivity contribution is 0.576. The van der Waals surface area contributed by atoms with Crippen molar-refractivity contribution in [2.24, 2.45) is 0 Å². The van der Waals surface area contributed by atoms with Crippen LogP contribution in [0, 0.1) is 6.92 Å². The summed E-state index contributed by atoms with van der Waals surface area (Å²) < 4.78 is 26.5. The van der Waals surface area contributed by atoms with Crippen LogP contribution in [0.15, 0.2) is 29.9 Å². The Morgan fingerprint density at radius 3 is 2.52 bits per heavy atom. The zero-order valence-electron chi connectivity index (χ0n) is 15.8. The number of imidazole rings is 1. The van der Waals surface area contributed by atoms with E-state index in [4.69, 9.17) is 5.73 Å². The van der Waals surface area contributed by atoms with Crippen LogP contribution in [0.5, 0.6) is 0 Å². The van der Waals surface area contributed by atoms with Crippen molar-refractivity contribution >= 4 is 26.7 Å². The second kappa shape index (κ2) is 7.59. The van der Waals surface area contributed by atoms with Gasteiger partial charge in [-0.25, -0.2) is 28.4 Å². The lowest BCUT2D eigenvalue weighted by Crippen LogP contribution is -2.11. The Morgan fingerprint density at radius 2 is 1.85 bits per heavy atom. The van der Waals surface area contributed by atoms with Gasteiger partial charge in [0.25, 0.3) is 0 Å². The monoisotopic (exact) mass is 388 g/mol. The molecule has 3 rings (SSSR count). The Balaban J connectivity index is 1.73. The number of aryl methyl sites for hydroxylation is 2. The number of hydrogen-bond donors (Lipinski definition) is 1. The summed E-state index contributed by atoms with van der Waals surface area (Å²) in [7, 11) is -3.45. The third-order valence-electron chi connectivity index (χ3n) is 4.49. The van der Waals surface area contributed by atoms with Crippen molar-refractivity contribution in [2.45, 2.75) is 51.2 Å². The van der Waals surface area contributed by atoms with Gasteiger partial charge >= 0.3 is 0 Å². The van der Waals surface area contributed by atoms with Gasteiger partial charge < -0.3 is 10.3 Å². The first-order valence-electron chi connectivity index (χ1n) is 8.92. The minimum Gasteiger partial charge on any atom is -0.382 e. The molecule has 0 aliphatic heterocycles. The molecule has 8 nitrogen and oxygen atoms in total. The molecule has 0 aromatic carbocycles. The zero-order valence-corrected chi connectivity index (χ0v) is 16.6. The van der Waals surface area contributed by atoms with E-state index in [2.05, 4.69) is 33.8 Å². The highest BCUT2D eigenvalue weighted by Crippen LogP contribution is 2.28. The van der Waals surface area contributed by atoms with Gasteiger partial charge in [0, 0.05) is 18.9 Å². The summed E-state index contributed by atoms with van der Waals surface area (Å²) in [5, 5.41) is -0.116. The molecular formula is C18H24N6O2S. The van der Waals surface area contributed by atoms with Crippen molar-refractivity contribution in [3.05, 3.63) is 36.0 Å². The van der Waals surface area contributed by atoms with E-state index in [1.807, 2.05) is 11.5 Å². The molecule has 27 heavy (non-hydrogen) atoms. The van der Waals surface area contributed by atoms with Crippen molar-refractivity contribution in [2.75, 3.05) is 11.5 Å². The van der Waals surface area contributed by atoms with Gasteiger partial charge in [-0.15, -0.1) is 0 Å². The van der Waals surface area contributed by atoms with E-state index in [-0.39, 0.29) is 16.8 Å². The second-order valence-electron chi connectivity index (χ2n) is 6.85. The number of nitrogens with zero attached hydrogens (tertiary/aromatic N) is 5. The van der Waals surface area contributed by atoms with Crippen LogP contribution in [0.1, 0.15) is 43.9 Å². The largest absolute Gasteiger partial charge is 0.382 e. The van der Waals surface area contributed by atoms with Gasteiger partial charge in [-0.05, 0) is 37.3 Å². The summed E-state index contributed by atoms with van der Waals surface area (Å²) in [6.07, 6.45) is 5.82. The maximum Gasteiger partial charge on any atom is 0.246 e. The van der Waals surface area contributed by atoms with Gasteiger partial charge in [0.15, 0.2) is 5.82 Å². The molecule has 0 aliphatic carbocycles. The van der Waals surface area contributed by atoms with Gasteiger partial charge in [0.05, 0.1) is 23.3 Å². The van der Waals surface area contributed by atoms with Crippen molar-refractivity contribution in [3.63, 3.8) is 0 Å². The fraction of sp³-hybridized carbons (Fsp3) is 0.444. The lowest BCUT2D eigenvalue weighted by atomic mass is 10.0. The van der Waals surface area contributed by atoms with Crippen LogP contribution in [-0.4, -0.2) is 38.7 Å². The van der Waals surface area contributed by atoms with E-state index >= 15 is 0 Å². The van der Waals surface area contributed by atoms with E-state index in [0.29, 0.717) is 30.7 Å². The Bertz CT molecular complexity index is 1040. The lowest BCUT2D eigenvalue weighted by Gasteiger charge is -2.13. The molecule has 144 valence electrons. The Labute approximate surface area is 158 Å². The fourth-order valence-electron chi connectivity index (χ4n) is 3.19. The molecule has 0 saturated heterocycles. The number of hydrogen-bond acceptors (Lipinski definition) is 7. The van der Waals surface area contributed by atoms with Crippen molar-refractivity contribution in [1.29, 1.82) is 0 Å². The standard InChI is InChI=1S/C18H24N6O2S/c1-12(2)14-13(3)16-15(17(19)23-14)22-11-24(16)9-4-5-10-27(25,26)18-20-7-6-8-21-18/h6-8,11-12H,4-5,9-10H2,1-3H3,(H2,19,23). The summed E-state index contributed by atoms with van der Waals surface area (Å²) in [5.74, 6) is 0.710. The second-order valence-corrected chi connectivity index (χ2v) is 8.86. The molecule has 0 spiro atoms. The van der Waals surface area contributed by atoms with E-state index in [1.165, 1.54) is 12.4 Å². The first kappa shape index (κ1) is 19.2. The summed E-state index contributed by atoms with van der Waals surface area (Å²) in [4.78, 5) is 16.5. The molecule has 0 atom stereocenters. The number of sulfone groups is 1. The van der Waals surface area contributed by atoms with Crippen molar-refractivity contribution in [1.82, 2.24) is 24.5 Å². The molecule has 0 fully saturated rings. The minimum atomic E-state index is -3.45. The SMILES string of the molecule is Cc1c(C(C)C)nc(N)c2ncn(CCCCS(=O)(=O)c3ncccn3)c12. The number of unbranched alkanes of at least 4 members (excludes halogenated alkanes) is 1. The van der Waals surface area contributed by atoms with Crippen LogP contribution in [0.3, 0.4) is 0 Å². The summed E-state index contributed by atoms with van der Waals surface area (Å²) in [6, 6.07) is 1.59. The molecule has 0 radical (unpaired) electrons.